The number of amides is 1. The van der Waals surface area contributed by atoms with Gasteiger partial charge in [-0.3, -0.25) is 19.6 Å². The molecule has 2 aromatic rings. The maximum absolute atomic E-state index is 12.7. The van der Waals surface area contributed by atoms with Crippen molar-refractivity contribution >= 4 is 17.4 Å². The highest BCUT2D eigenvalue weighted by Crippen LogP contribution is 2.38. The van der Waals surface area contributed by atoms with E-state index in [2.05, 4.69) is 9.97 Å². The Morgan fingerprint density at radius 2 is 1.96 bits per heavy atom. The van der Waals surface area contributed by atoms with Gasteiger partial charge in [0.1, 0.15) is 5.76 Å². The minimum atomic E-state index is -0.703. The van der Waals surface area contributed by atoms with Gasteiger partial charge in [-0.15, -0.1) is 0 Å². The van der Waals surface area contributed by atoms with Gasteiger partial charge in [-0.25, -0.2) is 0 Å². The van der Waals surface area contributed by atoms with Gasteiger partial charge >= 0.3 is 0 Å². The van der Waals surface area contributed by atoms with Gasteiger partial charge in [-0.05, 0) is 30.2 Å². The molecule has 134 valence electrons. The topological polar surface area (TPSA) is 92.6 Å². The Balaban J connectivity index is 2.09. The molecular weight excluding hydrogens is 334 g/mol. The van der Waals surface area contributed by atoms with E-state index in [1.807, 2.05) is 0 Å². The van der Waals surface area contributed by atoms with Crippen molar-refractivity contribution in [1.82, 2.24) is 14.9 Å². The van der Waals surface area contributed by atoms with Gasteiger partial charge in [0.15, 0.2) is 0 Å². The molecule has 0 aliphatic carbocycles. The number of methoxy groups -OCH3 is 1. The molecule has 1 unspecified atom stereocenters. The first kappa shape index (κ1) is 17.8. The Morgan fingerprint density at radius 1 is 1.19 bits per heavy atom. The van der Waals surface area contributed by atoms with Crippen LogP contribution in [-0.2, 0) is 14.3 Å². The number of nitrogens with zero attached hydrogens (tertiary/aromatic N) is 3. The van der Waals surface area contributed by atoms with Crippen LogP contribution in [0.2, 0.25) is 0 Å². The zero-order valence-corrected chi connectivity index (χ0v) is 14.3. The minimum Gasteiger partial charge on any atom is -0.507 e. The molecule has 0 aromatic carbocycles. The quantitative estimate of drug-likeness (QED) is 0.369. The third kappa shape index (κ3) is 3.34. The number of aromatic nitrogens is 2. The average molecular weight is 353 g/mol. The lowest BCUT2D eigenvalue weighted by molar-refractivity contribution is -0.140. The van der Waals surface area contributed by atoms with E-state index in [0.717, 1.165) is 0 Å². The second-order valence-corrected chi connectivity index (χ2v) is 5.86. The summed E-state index contributed by atoms with van der Waals surface area (Å²) < 4.78 is 5.04. The monoisotopic (exact) mass is 353 g/mol. The number of aliphatic hydroxyl groups excluding tert-OH is 1. The predicted octanol–water partition coefficient (Wildman–Crippen LogP) is 1.93. The van der Waals surface area contributed by atoms with Crippen molar-refractivity contribution in [3.8, 4) is 0 Å². The van der Waals surface area contributed by atoms with Gasteiger partial charge in [0.05, 0.1) is 11.6 Å². The molecule has 1 aliphatic rings. The van der Waals surface area contributed by atoms with Crippen LogP contribution in [0.4, 0.5) is 0 Å². The van der Waals surface area contributed by atoms with Crippen LogP contribution in [0.5, 0.6) is 0 Å². The highest BCUT2D eigenvalue weighted by molar-refractivity contribution is 6.46. The van der Waals surface area contributed by atoms with Gasteiger partial charge in [0, 0.05) is 50.6 Å². The Kier molecular flexibility index (Phi) is 5.38. The molecule has 2 aromatic heterocycles. The molecule has 1 atom stereocenters. The standard InChI is InChI=1S/C19H19N3O4/c1-26-11-3-10-22-16(14-4-2-7-21-12-14)15(18(24)19(22)25)17(23)13-5-8-20-9-6-13/h2,4-9,12,16,23H,3,10-11H2,1H3/b17-15-. The summed E-state index contributed by atoms with van der Waals surface area (Å²) in [5, 5.41) is 10.7. The number of aliphatic hydroxyl groups is 1. The molecule has 1 N–H and O–H groups in total. The first-order chi connectivity index (χ1) is 12.6. The third-order valence-corrected chi connectivity index (χ3v) is 4.24. The maximum Gasteiger partial charge on any atom is 0.295 e. The van der Waals surface area contributed by atoms with E-state index in [-0.39, 0.29) is 11.3 Å². The van der Waals surface area contributed by atoms with Crippen LogP contribution in [0.3, 0.4) is 0 Å². The van der Waals surface area contributed by atoms with Gasteiger partial charge in [-0.2, -0.15) is 0 Å². The predicted molar refractivity (Wildman–Crippen MR) is 94.0 cm³/mol. The molecule has 26 heavy (non-hydrogen) atoms. The number of carbonyl (C=O) groups is 2. The minimum absolute atomic E-state index is 0.0617. The van der Waals surface area contributed by atoms with Crippen LogP contribution < -0.4 is 0 Å². The highest BCUT2D eigenvalue weighted by Gasteiger charge is 2.45. The van der Waals surface area contributed by atoms with E-state index < -0.39 is 17.7 Å². The van der Waals surface area contributed by atoms with Crippen molar-refractivity contribution in [2.75, 3.05) is 20.3 Å². The molecule has 0 spiro atoms. The second kappa shape index (κ2) is 7.88. The summed E-state index contributed by atoms with van der Waals surface area (Å²) in [5.41, 5.74) is 1.16. The Morgan fingerprint density at radius 3 is 2.62 bits per heavy atom. The highest BCUT2D eigenvalue weighted by atomic mass is 16.5. The third-order valence-electron chi connectivity index (χ3n) is 4.24. The van der Waals surface area contributed by atoms with E-state index in [4.69, 9.17) is 4.74 Å². The lowest BCUT2D eigenvalue weighted by Gasteiger charge is -2.24. The van der Waals surface area contributed by atoms with Crippen molar-refractivity contribution < 1.29 is 19.4 Å². The van der Waals surface area contributed by atoms with E-state index in [9.17, 15) is 14.7 Å². The van der Waals surface area contributed by atoms with Crippen LogP contribution in [0, 0.1) is 0 Å². The number of Topliss-reactive ketones (excluding diaryl/α,β-unsaturated/α-hetero) is 1. The molecule has 1 fully saturated rings. The van der Waals surface area contributed by atoms with Gasteiger partial charge < -0.3 is 14.7 Å². The van der Waals surface area contributed by atoms with Gasteiger partial charge in [0.25, 0.3) is 11.7 Å². The molecule has 7 heteroatoms. The maximum atomic E-state index is 12.7. The number of rotatable bonds is 6. The smallest absolute Gasteiger partial charge is 0.295 e. The van der Waals surface area contributed by atoms with Crippen molar-refractivity contribution in [3.63, 3.8) is 0 Å². The Hall–Kier alpha value is -3.06. The van der Waals surface area contributed by atoms with Crippen molar-refractivity contribution in [1.29, 1.82) is 0 Å². The van der Waals surface area contributed by atoms with Crippen LogP contribution in [-0.4, -0.2) is 51.9 Å². The zero-order valence-electron chi connectivity index (χ0n) is 14.3. The average Bonchev–Trinajstić information content (AvgIpc) is 2.94. The number of ether oxygens (including phenoxy) is 1. The number of hydrogen-bond donors (Lipinski definition) is 1. The van der Waals surface area contributed by atoms with Crippen LogP contribution in [0.1, 0.15) is 23.6 Å². The number of ketones is 1. The molecule has 1 amide bonds. The largest absolute Gasteiger partial charge is 0.507 e. The van der Waals surface area contributed by atoms with E-state index in [0.29, 0.717) is 30.7 Å². The molecule has 1 aliphatic heterocycles. The molecular formula is C19H19N3O4. The molecule has 0 bridgehead atoms. The molecule has 0 radical (unpaired) electrons. The fourth-order valence-electron chi connectivity index (χ4n) is 3.04. The molecule has 3 rings (SSSR count). The Labute approximate surface area is 151 Å². The second-order valence-electron chi connectivity index (χ2n) is 5.86. The summed E-state index contributed by atoms with van der Waals surface area (Å²) in [6.07, 6.45) is 6.82. The lowest BCUT2D eigenvalue weighted by Crippen LogP contribution is -2.31. The molecule has 0 saturated carbocycles. The van der Waals surface area contributed by atoms with Gasteiger partial charge in [-0.1, -0.05) is 6.07 Å². The van der Waals surface area contributed by atoms with Crippen molar-refractivity contribution in [2.45, 2.75) is 12.5 Å². The van der Waals surface area contributed by atoms with E-state index >= 15 is 0 Å². The summed E-state index contributed by atoms with van der Waals surface area (Å²) in [6.45, 7) is 0.804. The number of carbonyl (C=O) groups excluding carboxylic acids is 2. The number of likely N-dealkylation sites (tertiary alicyclic amines) is 1. The summed E-state index contributed by atoms with van der Waals surface area (Å²) in [6, 6.07) is 6.01. The van der Waals surface area contributed by atoms with Crippen LogP contribution >= 0.6 is 0 Å². The normalized spacial score (nSPS) is 19.1. The fraction of sp³-hybridized carbons (Fsp3) is 0.263. The summed E-state index contributed by atoms with van der Waals surface area (Å²) in [4.78, 5) is 34.7. The first-order valence-electron chi connectivity index (χ1n) is 8.22. The van der Waals surface area contributed by atoms with Crippen LogP contribution in [0.25, 0.3) is 5.76 Å². The fourth-order valence-corrected chi connectivity index (χ4v) is 3.04. The van der Waals surface area contributed by atoms with Crippen molar-refractivity contribution in [2.24, 2.45) is 0 Å². The van der Waals surface area contributed by atoms with Crippen molar-refractivity contribution in [3.05, 3.63) is 65.8 Å². The first-order valence-corrected chi connectivity index (χ1v) is 8.22. The lowest BCUT2D eigenvalue weighted by atomic mass is 9.96. The van der Waals surface area contributed by atoms with Crippen LogP contribution in [0.15, 0.2) is 54.6 Å². The molecule has 7 nitrogen and oxygen atoms in total. The molecule has 1 saturated heterocycles. The number of hydrogen-bond acceptors (Lipinski definition) is 6. The van der Waals surface area contributed by atoms with Gasteiger partial charge in [0.2, 0.25) is 0 Å². The Bertz CT molecular complexity index is 821. The summed E-state index contributed by atoms with van der Waals surface area (Å²) in [5.74, 6) is -1.55. The number of pyridine rings is 2. The molecule has 3 heterocycles. The van der Waals surface area contributed by atoms with E-state index in [1.165, 1.54) is 17.3 Å². The zero-order chi connectivity index (χ0) is 18.5. The summed E-state index contributed by atoms with van der Waals surface area (Å²) >= 11 is 0. The van der Waals surface area contributed by atoms with E-state index in [1.54, 1.807) is 43.8 Å². The SMILES string of the molecule is COCCCN1C(=O)C(=O)/C(=C(\O)c2ccncc2)C1c1cccnc1. The summed E-state index contributed by atoms with van der Waals surface area (Å²) in [7, 11) is 1.58.